The predicted molar refractivity (Wildman–Crippen MR) is 67.1 cm³/mol. The normalized spacial score (nSPS) is 12.9. The molecule has 2 rings (SSSR count). The molecule has 1 aromatic carbocycles. The zero-order valence-electron chi connectivity index (χ0n) is 8.91. The van der Waals surface area contributed by atoms with Crippen molar-refractivity contribution in [1.82, 2.24) is 0 Å². The second-order valence-electron chi connectivity index (χ2n) is 3.58. The van der Waals surface area contributed by atoms with Gasteiger partial charge in [0.1, 0.15) is 0 Å². The Kier molecular flexibility index (Phi) is 2.48. The fourth-order valence-electron chi connectivity index (χ4n) is 1.93. The van der Waals surface area contributed by atoms with Gasteiger partial charge in [-0.05, 0) is 36.8 Å². The van der Waals surface area contributed by atoms with Gasteiger partial charge in [-0.25, -0.2) is 0 Å². The van der Waals surface area contributed by atoms with Crippen molar-refractivity contribution in [2.75, 3.05) is 0 Å². The summed E-state index contributed by atoms with van der Waals surface area (Å²) in [6.45, 7) is 6.69. The molecular formula is C13H15P. The summed E-state index contributed by atoms with van der Waals surface area (Å²) >= 11 is 0. The van der Waals surface area contributed by atoms with E-state index in [0.29, 0.717) is 0 Å². The first-order valence-electron chi connectivity index (χ1n) is 4.92. The summed E-state index contributed by atoms with van der Waals surface area (Å²) in [5, 5.41) is 4.53. The van der Waals surface area contributed by atoms with Gasteiger partial charge in [0.05, 0.1) is 0 Å². The Balaban J connectivity index is 2.87. The van der Waals surface area contributed by atoms with Crippen LogP contribution in [0.5, 0.6) is 0 Å². The van der Waals surface area contributed by atoms with Crippen LogP contribution in [0.4, 0.5) is 0 Å². The van der Waals surface area contributed by atoms with Crippen LogP contribution in [0.25, 0.3) is 16.6 Å². The van der Waals surface area contributed by atoms with E-state index in [1.54, 1.807) is 5.30 Å². The van der Waals surface area contributed by atoms with Crippen LogP contribution in [0.1, 0.15) is 17.8 Å². The van der Waals surface area contributed by atoms with E-state index in [4.69, 9.17) is 0 Å². The van der Waals surface area contributed by atoms with E-state index in [1.165, 1.54) is 16.1 Å². The fraction of sp³-hybridized carbons (Fsp3) is 0.231. The number of rotatable bonds is 1. The summed E-state index contributed by atoms with van der Waals surface area (Å²) < 4.78 is 0. The first-order chi connectivity index (χ1) is 6.75. The van der Waals surface area contributed by atoms with Crippen LogP contribution < -0.4 is 0 Å². The van der Waals surface area contributed by atoms with Crippen molar-refractivity contribution >= 4 is 24.1 Å². The molecule has 0 amide bonds. The van der Waals surface area contributed by atoms with Crippen LogP contribution >= 0.6 is 7.53 Å². The first kappa shape index (κ1) is 9.55. The molecule has 72 valence electrons. The van der Waals surface area contributed by atoms with Crippen molar-refractivity contribution in [3.05, 3.63) is 41.2 Å². The summed E-state index contributed by atoms with van der Waals surface area (Å²) in [7, 11) is -0.0646. The average molecular weight is 202 g/mol. The van der Waals surface area contributed by atoms with E-state index >= 15 is 0 Å². The monoisotopic (exact) mass is 202 g/mol. The summed E-state index contributed by atoms with van der Waals surface area (Å²) in [6.07, 6.45) is 4.37. The number of allylic oxidation sites excluding steroid dienone is 1. The van der Waals surface area contributed by atoms with Crippen LogP contribution in [0.2, 0.25) is 0 Å². The van der Waals surface area contributed by atoms with Crippen molar-refractivity contribution < 1.29 is 0 Å². The molecule has 0 N–H and O–H groups in total. The minimum Gasteiger partial charge on any atom is -0.116 e. The molecule has 1 aromatic heterocycles. The summed E-state index contributed by atoms with van der Waals surface area (Å²) in [5.41, 5.74) is 1.44. The van der Waals surface area contributed by atoms with E-state index < -0.39 is 0 Å². The molecule has 0 radical (unpaired) electrons. The molecule has 1 heterocycles. The lowest BCUT2D eigenvalue weighted by Crippen LogP contribution is -1.70. The fourth-order valence-corrected chi connectivity index (χ4v) is 3.71. The zero-order valence-corrected chi connectivity index (χ0v) is 9.81. The summed E-state index contributed by atoms with van der Waals surface area (Å²) in [6, 6.07) is 8.77. The van der Waals surface area contributed by atoms with Gasteiger partial charge in [0, 0.05) is 5.12 Å². The van der Waals surface area contributed by atoms with Gasteiger partial charge in [-0.15, -0.1) is 7.53 Å². The highest BCUT2D eigenvalue weighted by atomic mass is 31.1. The highest BCUT2D eigenvalue weighted by Crippen LogP contribution is 2.44. The molecule has 0 aliphatic heterocycles. The van der Waals surface area contributed by atoms with Crippen molar-refractivity contribution in [3.8, 4) is 0 Å². The van der Waals surface area contributed by atoms with Crippen molar-refractivity contribution in [1.29, 1.82) is 0 Å². The van der Waals surface area contributed by atoms with E-state index in [9.17, 15) is 0 Å². The maximum absolute atomic E-state index is 2.35. The lowest BCUT2D eigenvalue weighted by Gasteiger charge is -1.92. The second-order valence-corrected chi connectivity index (χ2v) is 5.85. The largest absolute Gasteiger partial charge is 0.116 e. The molecule has 0 saturated carbocycles. The third-order valence-electron chi connectivity index (χ3n) is 2.78. The van der Waals surface area contributed by atoms with Gasteiger partial charge >= 0.3 is 0 Å². The Morgan fingerprint density at radius 2 is 1.93 bits per heavy atom. The van der Waals surface area contributed by atoms with Gasteiger partial charge in [0.25, 0.3) is 0 Å². The summed E-state index contributed by atoms with van der Waals surface area (Å²) in [5.74, 6) is 0. The van der Waals surface area contributed by atoms with Gasteiger partial charge in [-0.2, -0.15) is 0 Å². The standard InChI is InChI=1S/C13H15P/c1-4-7-11-10(2)14(3)13-9-6-5-8-12(11)13/h4-9H,1-3H3/b7-4-. The minimum atomic E-state index is -0.0646. The second kappa shape index (κ2) is 3.63. The van der Waals surface area contributed by atoms with Gasteiger partial charge in [0.15, 0.2) is 0 Å². The molecule has 1 unspecified atom stereocenters. The molecule has 0 fully saturated rings. The van der Waals surface area contributed by atoms with Gasteiger partial charge in [-0.1, -0.05) is 36.4 Å². The Morgan fingerprint density at radius 3 is 2.64 bits per heavy atom. The molecule has 0 nitrogen and oxygen atoms in total. The molecule has 0 spiro atoms. The van der Waals surface area contributed by atoms with Crippen LogP contribution in [0.15, 0.2) is 30.3 Å². The maximum Gasteiger partial charge on any atom is 0.00178 e. The summed E-state index contributed by atoms with van der Waals surface area (Å²) in [4.78, 5) is 0. The van der Waals surface area contributed by atoms with E-state index in [-0.39, 0.29) is 7.53 Å². The molecule has 0 saturated heterocycles. The van der Waals surface area contributed by atoms with E-state index in [2.05, 4.69) is 56.9 Å². The number of fused-ring (bicyclic) bond motifs is 1. The number of hydrogen-bond acceptors (Lipinski definition) is 0. The topological polar surface area (TPSA) is 0 Å². The molecular weight excluding hydrogens is 187 g/mol. The van der Waals surface area contributed by atoms with Crippen LogP contribution in [-0.4, -0.2) is 0 Å². The Bertz CT molecular complexity index is 489. The quantitative estimate of drug-likeness (QED) is 0.628. The molecule has 0 bridgehead atoms. The van der Waals surface area contributed by atoms with Crippen LogP contribution in [-0.2, 0) is 6.66 Å². The maximum atomic E-state index is 2.35. The van der Waals surface area contributed by atoms with Crippen LogP contribution in [0.3, 0.4) is 0 Å². The van der Waals surface area contributed by atoms with Crippen molar-refractivity contribution in [2.24, 2.45) is 6.66 Å². The molecule has 14 heavy (non-hydrogen) atoms. The molecule has 1 atom stereocenters. The van der Waals surface area contributed by atoms with Gasteiger partial charge in [-0.3, -0.25) is 0 Å². The number of benzene rings is 1. The highest BCUT2D eigenvalue weighted by molar-refractivity contribution is 7.54. The van der Waals surface area contributed by atoms with Crippen molar-refractivity contribution in [2.45, 2.75) is 13.8 Å². The SMILES string of the molecule is C/C=C\c1c(C)p(C)c2ccccc12. The lowest BCUT2D eigenvalue weighted by atomic mass is 10.1. The number of aryl methyl sites for hydroxylation is 1. The highest BCUT2D eigenvalue weighted by Gasteiger charge is 2.08. The number of hydrogen-bond donors (Lipinski definition) is 0. The molecule has 2 aromatic rings. The zero-order chi connectivity index (χ0) is 10.1. The minimum absolute atomic E-state index is 0.0646. The molecule has 1 heteroatoms. The molecule has 0 aliphatic rings. The predicted octanol–water partition coefficient (Wildman–Crippen LogP) is 4.70. The first-order valence-corrected chi connectivity index (χ1v) is 6.71. The smallest absolute Gasteiger partial charge is 0.00178 e. The Hall–Kier alpha value is -1.00. The molecule has 0 aliphatic carbocycles. The third kappa shape index (κ3) is 1.31. The van der Waals surface area contributed by atoms with E-state index in [0.717, 1.165) is 0 Å². The van der Waals surface area contributed by atoms with Crippen LogP contribution in [0, 0.1) is 6.92 Å². The Morgan fingerprint density at radius 1 is 1.21 bits per heavy atom. The van der Waals surface area contributed by atoms with Crippen molar-refractivity contribution in [3.63, 3.8) is 0 Å². The Labute approximate surface area is 86.3 Å². The van der Waals surface area contributed by atoms with E-state index in [1.807, 2.05) is 0 Å². The lowest BCUT2D eigenvalue weighted by molar-refractivity contribution is 1.60. The average Bonchev–Trinajstić information content (AvgIpc) is 2.45. The van der Waals surface area contributed by atoms with Gasteiger partial charge in [0.2, 0.25) is 0 Å². The van der Waals surface area contributed by atoms with Gasteiger partial charge < -0.3 is 0 Å². The third-order valence-corrected chi connectivity index (χ3v) is 5.14.